The summed E-state index contributed by atoms with van der Waals surface area (Å²) in [5, 5.41) is 16.3. The zero-order valence-electron chi connectivity index (χ0n) is 28.4. The van der Waals surface area contributed by atoms with Crippen molar-refractivity contribution in [2.45, 2.75) is 12.3 Å². The third-order valence-electron chi connectivity index (χ3n) is 10.8. The Kier molecular flexibility index (Phi) is 7.55. The minimum atomic E-state index is -3.07. The summed E-state index contributed by atoms with van der Waals surface area (Å²) in [6, 6.07) is 58.5. The van der Waals surface area contributed by atoms with Crippen molar-refractivity contribution in [3.63, 3.8) is 0 Å². The van der Waals surface area contributed by atoms with Gasteiger partial charge in [0.2, 0.25) is 0 Å². The van der Waals surface area contributed by atoms with Crippen LogP contribution >= 0.6 is 7.14 Å². The molecule has 0 aliphatic heterocycles. The van der Waals surface area contributed by atoms with Crippen LogP contribution in [0.5, 0.6) is 0 Å². The summed E-state index contributed by atoms with van der Waals surface area (Å²) in [7, 11) is -3.07. The minimum Gasteiger partial charge on any atom is -0.309 e. The van der Waals surface area contributed by atoms with E-state index in [2.05, 4.69) is 71.6 Å². The second kappa shape index (κ2) is 12.3. The molecule has 0 fully saturated rings. The number of benzene rings is 8. The maximum absolute atomic E-state index is 14.9. The van der Waals surface area contributed by atoms with E-state index in [0.717, 1.165) is 82.0 Å². The summed E-state index contributed by atoms with van der Waals surface area (Å²) in [5.41, 5.74) is 6.60. The molecular formula is C47H33O4P. The molecule has 0 aromatic heterocycles. The Morgan fingerprint density at radius 3 is 1.58 bits per heavy atom. The van der Waals surface area contributed by atoms with E-state index in [1.54, 1.807) is 0 Å². The second-order valence-electron chi connectivity index (χ2n) is 13.5. The fraction of sp³-hybridized carbons (Fsp3) is 0.0426. The Morgan fingerprint density at radius 1 is 0.500 bits per heavy atom. The molecule has 0 spiro atoms. The molecule has 0 saturated carbocycles. The highest BCUT2D eigenvalue weighted by molar-refractivity contribution is 7.85. The molecule has 1 N–H and O–H groups in total. The number of carbonyl (C=O) groups excluding carboxylic acids is 1. The van der Waals surface area contributed by atoms with Crippen molar-refractivity contribution in [2.24, 2.45) is 0 Å². The molecule has 5 heteroatoms. The third kappa shape index (κ3) is 4.65. The summed E-state index contributed by atoms with van der Waals surface area (Å²) in [5.74, 6) is -0.716. The average Bonchev–Trinajstić information content (AvgIpc) is 3.22. The van der Waals surface area contributed by atoms with Crippen molar-refractivity contribution < 1.29 is 19.5 Å². The van der Waals surface area contributed by atoms with Gasteiger partial charge in [-0.25, -0.2) is 4.79 Å². The first-order valence-electron chi connectivity index (χ1n) is 17.3. The molecular weight excluding hydrogens is 659 g/mol. The Balaban J connectivity index is 1.18. The molecule has 1 aliphatic carbocycles. The summed E-state index contributed by atoms with van der Waals surface area (Å²) in [6.07, 6.45) is 0. The van der Waals surface area contributed by atoms with Gasteiger partial charge in [0.05, 0.1) is 0 Å². The summed E-state index contributed by atoms with van der Waals surface area (Å²) < 4.78 is 14.9. The quantitative estimate of drug-likeness (QED) is 0.0816. The first-order chi connectivity index (χ1) is 25.4. The Bertz CT molecular complexity index is 2660. The largest absolute Gasteiger partial charge is 0.356 e. The summed E-state index contributed by atoms with van der Waals surface area (Å²) in [4.78, 5) is 17.9. The van der Waals surface area contributed by atoms with Gasteiger partial charge in [-0.15, -0.1) is 0 Å². The molecule has 0 heterocycles. The van der Waals surface area contributed by atoms with Crippen LogP contribution in [0.1, 0.15) is 18.1 Å². The van der Waals surface area contributed by atoms with E-state index in [9.17, 15) is 14.6 Å². The van der Waals surface area contributed by atoms with Gasteiger partial charge in [0.1, 0.15) is 5.41 Å². The number of carbonyl (C=O) groups is 1. The first kappa shape index (κ1) is 31.9. The Labute approximate surface area is 301 Å². The molecule has 9 rings (SSSR count). The zero-order valence-corrected chi connectivity index (χ0v) is 29.3. The van der Waals surface area contributed by atoms with Crippen LogP contribution in [-0.4, -0.2) is 11.2 Å². The molecule has 0 radical (unpaired) electrons. The first-order valence-corrected chi connectivity index (χ1v) is 19.0. The van der Waals surface area contributed by atoms with Gasteiger partial charge < -0.3 is 4.57 Å². The number of fused-ring (bicyclic) bond motifs is 4. The van der Waals surface area contributed by atoms with Gasteiger partial charge in [-0.2, -0.15) is 5.26 Å². The molecule has 52 heavy (non-hydrogen) atoms. The van der Waals surface area contributed by atoms with Crippen molar-refractivity contribution >= 4 is 50.6 Å². The van der Waals surface area contributed by atoms with Crippen LogP contribution in [0.25, 0.3) is 54.9 Å². The predicted octanol–water partition coefficient (Wildman–Crippen LogP) is 10.3. The lowest BCUT2D eigenvalue weighted by Gasteiger charge is -2.36. The molecule has 0 saturated heterocycles. The van der Waals surface area contributed by atoms with E-state index < -0.39 is 18.5 Å². The van der Waals surface area contributed by atoms with Gasteiger partial charge in [-0.3, -0.25) is 4.89 Å². The van der Waals surface area contributed by atoms with E-state index in [4.69, 9.17) is 0 Å². The number of hydrogen-bond acceptors (Lipinski definition) is 4. The van der Waals surface area contributed by atoms with Gasteiger partial charge in [0.15, 0.2) is 7.14 Å². The van der Waals surface area contributed by atoms with Crippen LogP contribution in [0, 0.1) is 0 Å². The standard InChI is InChI=1S/C47H33O4P/c1-47(46(48)51-49)41-21-11-10-19-39(41)44-38-18-9-8-17-37(38)43(40-20-12-22-42(47)45(40)44)33-25-23-31(24-26-33)32-27-29-36(30-28-32)52(50,34-13-4-2-5-14-34)35-15-6-3-7-16-35/h2-30,49H,1H3. The molecule has 1 atom stereocenters. The van der Waals surface area contributed by atoms with Crippen molar-refractivity contribution in [3.05, 3.63) is 187 Å². The number of rotatable bonds is 6. The van der Waals surface area contributed by atoms with Gasteiger partial charge >= 0.3 is 5.97 Å². The van der Waals surface area contributed by atoms with Gasteiger partial charge in [0.25, 0.3) is 0 Å². The zero-order chi connectivity index (χ0) is 35.5. The van der Waals surface area contributed by atoms with Crippen LogP contribution in [-0.2, 0) is 19.7 Å². The van der Waals surface area contributed by atoms with E-state index in [1.807, 2.05) is 116 Å². The van der Waals surface area contributed by atoms with Crippen LogP contribution in [0.3, 0.4) is 0 Å². The smallest absolute Gasteiger partial charge is 0.309 e. The monoisotopic (exact) mass is 692 g/mol. The van der Waals surface area contributed by atoms with E-state index in [0.29, 0.717) is 0 Å². The van der Waals surface area contributed by atoms with Crippen molar-refractivity contribution in [1.82, 2.24) is 0 Å². The third-order valence-corrected chi connectivity index (χ3v) is 13.9. The Hall–Kier alpha value is -6.06. The molecule has 4 nitrogen and oxygen atoms in total. The van der Waals surface area contributed by atoms with Crippen LogP contribution in [0.15, 0.2) is 176 Å². The highest BCUT2D eigenvalue weighted by atomic mass is 31.2. The molecule has 0 bridgehead atoms. The minimum absolute atomic E-state index is 0.716. The molecule has 1 aliphatic rings. The molecule has 8 aromatic rings. The predicted molar refractivity (Wildman–Crippen MR) is 212 cm³/mol. The fourth-order valence-electron chi connectivity index (χ4n) is 8.25. The lowest BCUT2D eigenvalue weighted by molar-refractivity contribution is -0.238. The SMILES string of the molecule is CC1(C(=O)OO)c2ccccc2-c2c3ccccc3c(-c3ccc(-c4ccc(P(=O)(c5ccccc5)c5ccccc5)cc4)cc3)c3cccc1c23. The van der Waals surface area contributed by atoms with Crippen molar-refractivity contribution in [3.8, 4) is 33.4 Å². The number of hydrogen-bond donors (Lipinski definition) is 1. The van der Waals surface area contributed by atoms with Gasteiger partial charge in [-0.05, 0) is 73.0 Å². The fourth-order valence-corrected chi connectivity index (χ4v) is 10.9. The summed E-state index contributed by atoms with van der Waals surface area (Å²) in [6.45, 7) is 1.83. The van der Waals surface area contributed by atoms with E-state index in [-0.39, 0.29) is 0 Å². The van der Waals surface area contributed by atoms with Crippen molar-refractivity contribution in [2.75, 3.05) is 0 Å². The Morgan fingerprint density at radius 2 is 0.962 bits per heavy atom. The van der Waals surface area contributed by atoms with E-state index in [1.165, 1.54) is 0 Å². The lowest BCUT2D eigenvalue weighted by Crippen LogP contribution is -2.37. The molecule has 8 aromatic carbocycles. The molecule has 250 valence electrons. The molecule has 1 unspecified atom stereocenters. The second-order valence-corrected chi connectivity index (χ2v) is 16.2. The summed E-state index contributed by atoms with van der Waals surface area (Å²) >= 11 is 0. The maximum Gasteiger partial charge on any atom is 0.356 e. The highest BCUT2D eigenvalue weighted by Crippen LogP contribution is 2.54. The van der Waals surface area contributed by atoms with E-state index >= 15 is 0 Å². The van der Waals surface area contributed by atoms with Crippen LogP contribution < -0.4 is 15.9 Å². The van der Waals surface area contributed by atoms with Crippen molar-refractivity contribution in [1.29, 1.82) is 0 Å². The van der Waals surface area contributed by atoms with Crippen LogP contribution in [0.4, 0.5) is 0 Å². The van der Waals surface area contributed by atoms with Gasteiger partial charge in [0, 0.05) is 15.9 Å². The van der Waals surface area contributed by atoms with Gasteiger partial charge in [-0.1, -0.05) is 176 Å². The lowest BCUT2D eigenvalue weighted by atomic mass is 9.66. The van der Waals surface area contributed by atoms with Crippen LogP contribution in [0.2, 0.25) is 0 Å². The maximum atomic E-state index is 14.9. The molecule has 0 amide bonds. The highest BCUT2D eigenvalue weighted by Gasteiger charge is 2.46. The average molecular weight is 693 g/mol. The normalized spacial score (nSPS) is 15.0. The topological polar surface area (TPSA) is 63.6 Å².